The second-order valence-corrected chi connectivity index (χ2v) is 8.81. The molecule has 0 N–H and O–H groups in total. The highest BCUT2D eigenvalue weighted by Crippen LogP contribution is 2.30. The predicted octanol–water partition coefficient (Wildman–Crippen LogP) is 2.11. The molecule has 2 amide bonds. The van der Waals surface area contributed by atoms with E-state index < -0.39 is 10.0 Å². The monoisotopic (exact) mass is 374 g/mol. The highest BCUT2D eigenvalue weighted by atomic mass is 35.5. The van der Waals surface area contributed by atoms with E-state index in [0.717, 1.165) is 17.3 Å². The number of aryl methyl sites for hydroxylation is 1. The molecule has 0 spiro atoms. The Kier molecular flexibility index (Phi) is 4.43. The van der Waals surface area contributed by atoms with Crippen molar-refractivity contribution in [2.45, 2.75) is 24.3 Å². The standard InChI is InChI=1S/C14H15ClN2O4S2/c1-9-2-3-11(6-12(9)15)23(20,21)16-5-4-10(7-16)17-13(18)8-22-14(17)19/h2-3,6,10H,4-5,7-8H2,1H3. The number of imide groups is 1. The zero-order valence-electron chi connectivity index (χ0n) is 12.4. The number of halogens is 1. The first-order valence-corrected chi connectivity index (χ1v) is 9.86. The summed E-state index contributed by atoms with van der Waals surface area (Å²) < 4.78 is 26.7. The van der Waals surface area contributed by atoms with Crippen molar-refractivity contribution in [2.24, 2.45) is 0 Å². The molecule has 2 aliphatic rings. The number of hydrogen-bond donors (Lipinski definition) is 0. The molecular formula is C14H15ClN2O4S2. The summed E-state index contributed by atoms with van der Waals surface area (Å²) in [6.45, 7) is 2.21. The van der Waals surface area contributed by atoms with E-state index in [1.165, 1.54) is 21.3 Å². The van der Waals surface area contributed by atoms with Gasteiger partial charge in [0.25, 0.3) is 5.24 Å². The van der Waals surface area contributed by atoms with E-state index in [1.807, 2.05) is 0 Å². The summed E-state index contributed by atoms with van der Waals surface area (Å²) in [5.41, 5.74) is 0.801. The number of hydrogen-bond acceptors (Lipinski definition) is 5. The van der Waals surface area contributed by atoms with Gasteiger partial charge in [-0.05, 0) is 31.0 Å². The Labute approximate surface area is 143 Å². The van der Waals surface area contributed by atoms with E-state index in [4.69, 9.17) is 11.6 Å². The van der Waals surface area contributed by atoms with Crippen LogP contribution in [0.5, 0.6) is 0 Å². The highest BCUT2D eigenvalue weighted by Gasteiger charge is 2.42. The van der Waals surface area contributed by atoms with E-state index in [-0.39, 0.29) is 40.9 Å². The Morgan fingerprint density at radius 1 is 1.30 bits per heavy atom. The first-order valence-electron chi connectivity index (χ1n) is 7.06. The van der Waals surface area contributed by atoms with Gasteiger partial charge < -0.3 is 0 Å². The zero-order chi connectivity index (χ0) is 16.8. The lowest BCUT2D eigenvalue weighted by molar-refractivity contribution is -0.126. The quantitative estimate of drug-likeness (QED) is 0.810. The molecule has 0 saturated carbocycles. The van der Waals surface area contributed by atoms with Crippen molar-refractivity contribution in [3.8, 4) is 0 Å². The molecule has 9 heteroatoms. The van der Waals surface area contributed by atoms with Crippen LogP contribution in [0.1, 0.15) is 12.0 Å². The molecule has 2 heterocycles. The highest BCUT2D eigenvalue weighted by molar-refractivity contribution is 8.14. The van der Waals surface area contributed by atoms with Crippen LogP contribution in [-0.4, -0.2) is 53.7 Å². The summed E-state index contributed by atoms with van der Waals surface area (Å²) in [6.07, 6.45) is 0.455. The second kappa shape index (κ2) is 6.08. The molecule has 2 fully saturated rings. The van der Waals surface area contributed by atoms with Crippen LogP contribution in [0.25, 0.3) is 0 Å². The van der Waals surface area contributed by atoms with Crippen LogP contribution in [0.2, 0.25) is 5.02 Å². The minimum atomic E-state index is -3.68. The average molecular weight is 375 g/mol. The van der Waals surface area contributed by atoms with Gasteiger partial charge in [-0.3, -0.25) is 14.5 Å². The Hall–Kier alpha value is -1.09. The van der Waals surface area contributed by atoms with E-state index in [1.54, 1.807) is 13.0 Å². The zero-order valence-corrected chi connectivity index (χ0v) is 14.7. The number of nitrogens with zero attached hydrogens (tertiary/aromatic N) is 2. The lowest BCUT2D eigenvalue weighted by atomic mass is 10.2. The first kappa shape index (κ1) is 16.8. The van der Waals surface area contributed by atoms with Gasteiger partial charge in [0.05, 0.1) is 16.7 Å². The number of sulfonamides is 1. The fraction of sp³-hybridized carbons (Fsp3) is 0.429. The van der Waals surface area contributed by atoms with Gasteiger partial charge in [0.2, 0.25) is 15.9 Å². The number of thioether (sulfide) groups is 1. The molecule has 23 heavy (non-hydrogen) atoms. The molecule has 124 valence electrons. The second-order valence-electron chi connectivity index (χ2n) is 5.53. The third-order valence-electron chi connectivity index (χ3n) is 4.06. The Bertz CT molecular complexity index is 765. The summed E-state index contributed by atoms with van der Waals surface area (Å²) in [4.78, 5) is 24.9. The van der Waals surface area contributed by atoms with Gasteiger partial charge in [0.15, 0.2) is 0 Å². The smallest absolute Gasteiger partial charge is 0.273 e. The van der Waals surface area contributed by atoms with E-state index in [0.29, 0.717) is 11.4 Å². The molecule has 3 rings (SSSR count). The van der Waals surface area contributed by atoms with Gasteiger partial charge in [-0.2, -0.15) is 4.31 Å². The maximum Gasteiger partial charge on any atom is 0.289 e. The maximum absolute atomic E-state index is 12.7. The average Bonchev–Trinajstić information content (AvgIpc) is 3.09. The molecular weight excluding hydrogens is 360 g/mol. The van der Waals surface area contributed by atoms with Crippen molar-refractivity contribution >= 4 is 44.5 Å². The number of benzene rings is 1. The third kappa shape index (κ3) is 3.00. The summed E-state index contributed by atoms with van der Waals surface area (Å²) in [6, 6.07) is 4.22. The maximum atomic E-state index is 12.7. The largest absolute Gasteiger partial charge is 0.289 e. The van der Waals surface area contributed by atoms with Gasteiger partial charge in [-0.15, -0.1) is 0 Å². The van der Waals surface area contributed by atoms with Crippen LogP contribution in [0.4, 0.5) is 4.79 Å². The molecule has 2 saturated heterocycles. The van der Waals surface area contributed by atoms with Crippen LogP contribution in [0.3, 0.4) is 0 Å². The summed E-state index contributed by atoms with van der Waals surface area (Å²) >= 11 is 6.97. The third-order valence-corrected chi connectivity index (χ3v) is 7.16. The lowest BCUT2D eigenvalue weighted by Crippen LogP contribution is -2.41. The molecule has 6 nitrogen and oxygen atoms in total. The minimum Gasteiger partial charge on any atom is -0.273 e. The van der Waals surface area contributed by atoms with Crippen LogP contribution in [0.15, 0.2) is 23.1 Å². The van der Waals surface area contributed by atoms with Crippen LogP contribution in [0, 0.1) is 6.92 Å². The summed E-state index contributed by atoms with van der Waals surface area (Å²) in [5, 5.41) is 0.0979. The van der Waals surface area contributed by atoms with Crippen molar-refractivity contribution in [2.75, 3.05) is 18.8 Å². The summed E-state index contributed by atoms with van der Waals surface area (Å²) in [5.74, 6) is -0.113. The van der Waals surface area contributed by atoms with Gasteiger partial charge in [0.1, 0.15) is 0 Å². The molecule has 0 bridgehead atoms. The Morgan fingerprint density at radius 3 is 2.65 bits per heavy atom. The molecule has 0 aliphatic carbocycles. The van der Waals surface area contributed by atoms with E-state index in [9.17, 15) is 18.0 Å². The van der Waals surface area contributed by atoms with Crippen molar-refractivity contribution in [3.05, 3.63) is 28.8 Å². The van der Waals surface area contributed by atoms with Crippen LogP contribution in [-0.2, 0) is 14.8 Å². The van der Waals surface area contributed by atoms with Crippen LogP contribution >= 0.6 is 23.4 Å². The lowest BCUT2D eigenvalue weighted by Gasteiger charge is -2.22. The van der Waals surface area contributed by atoms with E-state index in [2.05, 4.69) is 0 Å². The molecule has 0 aromatic heterocycles. The van der Waals surface area contributed by atoms with Crippen molar-refractivity contribution in [1.82, 2.24) is 9.21 Å². The van der Waals surface area contributed by atoms with Gasteiger partial charge in [-0.25, -0.2) is 8.42 Å². The van der Waals surface area contributed by atoms with Crippen molar-refractivity contribution in [1.29, 1.82) is 0 Å². The van der Waals surface area contributed by atoms with Gasteiger partial charge in [-0.1, -0.05) is 29.4 Å². The molecule has 1 aromatic rings. The molecule has 1 unspecified atom stereocenters. The fourth-order valence-electron chi connectivity index (χ4n) is 2.74. The van der Waals surface area contributed by atoms with Gasteiger partial charge in [0, 0.05) is 18.1 Å². The van der Waals surface area contributed by atoms with Gasteiger partial charge >= 0.3 is 0 Å². The number of carbonyl (C=O) groups is 2. The van der Waals surface area contributed by atoms with Crippen molar-refractivity contribution in [3.63, 3.8) is 0 Å². The van der Waals surface area contributed by atoms with Crippen LogP contribution < -0.4 is 0 Å². The predicted molar refractivity (Wildman–Crippen MR) is 88.1 cm³/mol. The fourth-order valence-corrected chi connectivity index (χ4v) is 5.28. The number of amides is 2. The number of rotatable bonds is 3. The van der Waals surface area contributed by atoms with Crippen molar-refractivity contribution < 1.29 is 18.0 Å². The Balaban J connectivity index is 1.81. The topological polar surface area (TPSA) is 74.8 Å². The minimum absolute atomic E-state index is 0.127. The molecule has 2 aliphatic heterocycles. The van der Waals surface area contributed by atoms with E-state index >= 15 is 0 Å². The molecule has 0 radical (unpaired) electrons. The SMILES string of the molecule is Cc1ccc(S(=O)(=O)N2CCC(N3C(=O)CSC3=O)C2)cc1Cl. The first-order chi connectivity index (χ1) is 10.8. The molecule has 1 atom stereocenters. The molecule has 1 aromatic carbocycles. The normalized spacial score (nSPS) is 23.0. The Morgan fingerprint density at radius 2 is 2.04 bits per heavy atom. The summed E-state index contributed by atoms with van der Waals surface area (Å²) in [7, 11) is -3.68. The number of carbonyl (C=O) groups excluding carboxylic acids is 2.